The van der Waals surface area contributed by atoms with Crippen LogP contribution in [0, 0.1) is 0 Å². The summed E-state index contributed by atoms with van der Waals surface area (Å²) >= 11 is 4.94. The van der Waals surface area contributed by atoms with E-state index in [2.05, 4.69) is 9.05 Å². The van der Waals surface area contributed by atoms with E-state index < -0.39 is 26.1 Å². The molecule has 1 fully saturated rings. The third-order valence-electron chi connectivity index (χ3n) is 0.899. The van der Waals surface area contributed by atoms with Crippen molar-refractivity contribution in [3.05, 3.63) is 0 Å². The number of halogens is 3. The molecule has 0 N–H and O–H groups in total. The highest BCUT2D eigenvalue weighted by Crippen LogP contribution is 2.57. The molecule has 0 aliphatic carbocycles. The molecule has 0 amide bonds. The van der Waals surface area contributed by atoms with E-state index in [-0.39, 0.29) is 0 Å². The van der Waals surface area contributed by atoms with E-state index in [9.17, 15) is 13.3 Å². The second-order valence-corrected chi connectivity index (χ2v) is 4.27. The first-order valence-electron chi connectivity index (χ1n) is 2.42. The number of hydrogen-bond donors (Lipinski definition) is 0. The lowest BCUT2D eigenvalue weighted by Gasteiger charge is -2.23. The summed E-state index contributed by atoms with van der Waals surface area (Å²) in [6.45, 7) is -4.45. The van der Waals surface area contributed by atoms with Crippen molar-refractivity contribution in [2.45, 2.75) is 12.5 Å². The molecule has 0 aromatic rings. The summed E-state index contributed by atoms with van der Waals surface area (Å²) in [6, 6.07) is 0. The third-order valence-corrected chi connectivity index (χ3v) is 2.34. The van der Waals surface area contributed by atoms with Crippen molar-refractivity contribution in [1.82, 2.24) is 0 Å². The van der Waals surface area contributed by atoms with Crippen LogP contribution in [0.15, 0.2) is 0 Å². The van der Waals surface area contributed by atoms with Crippen LogP contribution in [-0.4, -0.2) is 19.1 Å². The Kier molecular flexibility index (Phi) is 2.30. The summed E-state index contributed by atoms with van der Waals surface area (Å²) in [4.78, 5) is 0. The number of rotatable bonds is 0. The van der Waals surface area contributed by atoms with E-state index in [0.29, 0.717) is 0 Å². The molecule has 1 aliphatic heterocycles. The quantitative estimate of drug-likeness (QED) is 0.551. The Balaban J connectivity index is 2.57. The van der Waals surface area contributed by atoms with Crippen LogP contribution in [0.4, 0.5) is 8.78 Å². The minimum absolute atomic E-state index is 0.623. The van der Waals surface area contributed by atoms with Crippen LogP contribution < -0.4 is 0 Å². The molecular formula is C3H4ClF2O3P. The molecule has 60 valence electrons. The summed E-state index contributed by atoms with van der Waals surface area (Å²) in [6.07, 6.45) is -4.14. The highest BCUT2D eigenvalue weighted by atomic mass is 35.7. The van der Waals surface area contributed by atoms with Crippen LogP contribution >= 0.6 is 18.2 Å². The standard InChI is InChI=1S/C3H4ClF2O3P/c4-10(7)8-1-2(5)3(6)9-10/h2-3H,1H2. The van der Waals surface area contributed by atoms with E-state index in [1.165, 1.54) is 0 Å². The SMILES string of the molecule is O=P1(Cl)OCC(F)C(F)O1. The van der Waals surface area contributed by atoms with Crippen molar-refractivity contribution < 1.29 is 22.4 Å². The molecule has 0 radical (unpaired) electrons. The first-order valence-corrected chi connectivity index (χ1v) is 4.87. The highest BCUT2D eigenvalue weighted by Gasteiger charge is 2.38. The molecule has 1 aliphatic rings. The van der Waals surface area contributed by atoms with Crippen LogP contribution in [0.1, 0.15) is 0 Å². The Morgan fingerprint density at radius 3 is 2.60 bits per heavy atom. The second-order valence-electron chi connectivity index (χ2n) is 1.70. The molecule has 3 atom stereocenters. The molecule has 0 aromatic carbocycles. The Morgan fingerprint density at radius 2 is 2.20 bits per heavy atom. The van der Waals surface area contributed by atoms with Gasteiger partial charge in [0.15, 0.2) is 6.17 Å². The maximum absolute atomic E-state index is 12.1. The van der Waals surface area contributed by atoms with Crippen molar-refractivity contribution in [2.75, 3.05) is 6.61 Å². The normalized spacial score (nSPS) is 49.1. The van der Waals surface area contributed by atoms with Gasteiger partial charge in [0.05, 0.1) is 6.61 Å². The van der Waals surface area contributed by atoms with Crippen molar-refractivity contribution in [1.29, 1.82) is 0 Å². The highest BCUT2D eigenvalue weighted by molar-refractivity contribution is 7.81. The average Bonchev–Trinajstić information content (AvgIpc) is 1.79. The molecule has 1 heterocycles. The molecule has 7 heteroatoms. The van der Waals surface area contributed by atoms with Gasteiger partial charge in [-0.25, -0.2) is 13.3 Å². The molecule has 10 heavy (non-hydrogen) atoms. The monoisotopic (exact) mass is 192 g/mol. The van der Waals surface area contributed by atoms with Gasteiger partial charge in [0.1, 0.15) is 0 Å². The van der Waals surface area contributed by atoms with E-state index in [1.54, 1.807) is 0 Å². The fourth-order valence-corrected chi connectivity index (χ4v) is 1.60. The molecule has 0 saturated carbocycles. The number of hydrogen-bond acceptors (Lipinski definition) is 3. The van der Waals surface area contributed by atoms with Crippen LogP contribution in [0.2, 0.25) is 0 Å². The fourth-order valence-electron chi connectivity index (χ4n) is 0.453. The van der Waals surface area contributed by atoms with Gasteiger partial charge in [-0.1, -0.05) is 0 Å². The maximum atomic E-state index is 12.1. The first-order chi connectivity index (χ1) is 4.51. The predicted molar refractivity (Wildman–Crippen MR) is 30.3 cm³/mol. The second kappa shape index (κ2) is 2.74. The molecular weight excluding hydrogens is 188 g/mol. The van der Waals surface area contributed by atoms with Gasteiger partial charge in [-0.05, 0) is 0 Å². The minimum Gasteiger partial charge on any atom is -0.294 e. The predicted octanol–water partition coefficient (Wildman–Crippen LogP) is 2.01. The molecule has 0 bridgehead atoms. The van der Waals surface area contributed by atoms with E-state index in [4.69, 9.17) is 11.2 Å². The van der Waals surface area contributed by atoms with Gasteiger partial charge in [0.25, 0.3) is 0 Å². The van der Waals surface area contributed by atoms with Gasteiger partial charge in [0, 0.05) is 11.2 Å². The van der Waals surface area contributed by atoms with Crippen molar-refractivity contribution in [3.63, 3.8) is 0 Å². The molecule has 1 saturated heterocycles. The summed E-state index contributed by atoms with van der Waals surface area (Å²) in [5.74, 6) is 0. The van der Waals surface area contributed by atoms with Crippen molar-refractivity contribution in [3.8, 4) is 0 Å². The van der Waals surface area contributed by atoms with Crippen LogP contribution in [0.5, 0.6) is 0 Å². The van der Waals surface area contributed by atoms with E-state index >= 15 is 0 Å². The minimum atomic E-state index is -3.82. The Bertz CT molecular complexity index is 177. The van der Waals surface area contributed by atoms with Crippen LogP contribution in [-0.2, 0) is 13.6 Å². The summed E-state index contributed by atoms with van der Waals surface area (Å²) in [5, 5.41) is 0. The van der Waals surface area contributed by atoms with Gasteiger partial charge in [0.2, 0.25) is 6.36 Å². The van der Waals surface area contributed by atoms with Crippen molar-refractivity contribution in [2.24, 2.45) is 0 Å². The Labute approximate surface area is 60.6 Å². The van der Waals surface area contributed by atoms with Gasteiger partial charge in [-0.2, -0.15) is 0 Å². The lowest BCUT2D eigenvalue weighted by Crippen LogP contribution is -2.28. The Morgan fingerprint density at radius 1 is 1.60 bits per heavy atom. The topological polar surface area (TPSA) is 35.5 Å². The van der Waals surface area contributed by atoms with Gasteiger partial charge < -0.3 is 0 Å². The zero-order valence-corrected chi connectivity index (χ0v) is 6.32. The summed E-state index contributed by atoms with van der Waals surface area (Å²) < 4.78 is 42.7. The lowest BCUT2D eigenvalue weighted by molar-refractivity contribution is -0.0608. The van der Waals surface area contributed by atoms with Crippen LogP contribution in [0.25, 0.3) is 0 Å². The van der Waals surface area contributed by atoms with Gasteiger partial charge >= 0.3 is 6.95 Å². The van der Waals surface area contributed by atoms with Crippen LogP contribution in [0.3, 0.4) is 0 Å². The molecule has 0 aromatic heterocycles. The molecule has 0 spiro atoms. The zero-order chi connectivity index (χ0) is 7.78. The van der Waals surface area contributed by atoms with Crippen molar-refractivity contribution >= 4 is 18.2 Å². The molecule has 3 nitrogen and oxygen atoms in total. The fraction of sp³-hybridized carbons (Fsp3) is 1.00. The first kappa shape index (κ1) is 8.40. The largest absolute Gasteiger partial charge is 0.426 e. The smallest absolute Gasteiger partial charge is 0.294 e. The maximum Gasteiger partial charge on any atom is 0.426 e. The zero-order valence-electron chi connectivity index (χ0n) is 4.67. The van der Waals surface area contributed by atoms with Gasteiger partial charge in [-0.3, -0.25) is 9.05 Å². The summed E-state index contributed by atoms with van der Waals surface area (Å²) in [7, 11) is 0. The van der Waals surface area contributed by atoms with Gasteiger partial charge in [-0.15, -0.1) is 0 Å². The molecule has 1 rings (SSSR count). The molecule has 3 unspecified atom stereocenters. The number of alkyl halides is 2. The Hall–Kier alpha value is 0.300. The van der Waals surface area contributed by atoms with E-state index in [0.717, 1.165) is 0 Å². The average molecular weight is 192 g/mol. The lowest BCUT2D eigenvalue weighted by atomic mass is 10.4. The van der Waals surface area contributed by atoms with E-state index in [1.807, 2.05) is 0 Å². The summed E-state index contributed by atoms with van der Waals surface area (Å²) in [5.41, 5.74) is 0. The third kappa shape index (κ3) is 1.89.